The molecule has 0 aliphatic carbocycles. The van der Waals surface area contributed by atoms with Crippen molar-refractivity contribution in [2.24, 2.45) is 0 Å². The Morgan fingerprint density at radius 3 is 2.65 bits per heavy atom. The molecular formula is C30H37F5N6O2. The van der Waals surface area contributed by atoms with Gasteiger partial charge in [-0.1, -0.05) is 6.92 Å². The van der Waals surface area contributed by atoms with Crippen molar-refractivity contribution in [1.29, 1.82) is 0 Å². The molecule has 1 aromatic heterocycles. The quantitative estimate of drug-likeness (QED) is 0.370. The van der Waals surface area contributed by atoms with Gasteiger partial charge in [0.05, 0.1) is 35.2 Å². The molecule has 234 valence electrons. The zero-order valence-electron chi connectivity index (χ0n) is 24.3. The second kappa shape index (κ2) is 10.4. The molecule has 1 aromatic carbocycles. The number of halogens is 5. The minimum Gasteiger partial charge on any atom is -0.461 e. The first-order chi connectivity index (χ1) is 20.4. The molecule has 43 heavy (non-hydrogen) atoms. The monoisotopic (exact) mass is 608 g/mol. The third-order valence-corrected chi connectivity index (χ3v) is 10.1. The predicted octanol–water partition coefficient (Wildman–Crippen LogP) is 4.80. The lowest BCUT2D eigenvalue weighted by Gasteiger charge is -2.38. The molecule has 5 aliphatic rings. The third-order valence-electron chi connectivity index (χ3n) is 10.1. The highest BCUT2D eigenvalue weighted by Crippen LogP contribution is 2.49. The third kappa shape index (κ3) is 4.91. The van der Waals surface area contributed by atoms with Crippen LogP contribution in [0, 0.1) is 12.7 Å². The molecular weight excluding hydrogens is 571 g/mol. The summed E-state index contributed by atoms with van der Waals surface area (Å²) in [6.07, 6.45) is -2.78. The zero-order valence-corrected chi connectivity index (χ0v) is 24.3. The lowest BCUT2D eigenvalue weighted by atomic mass is 9.85. The smallest absolute Gasteiger partial charge is 0.417 e. The molecule has 0 saturated carbocycles. The van der Waals surface area contributed by atoms with Crippen LogP contribution in [0.1, 0.15) is 79.0 Å². The number of aromatic nitrogens is 2. The number of benzene rings is 1. The van der Waals surface area contributed by atoms with E-state index >= 15 is 4.39 Å². The number of alkyl halides is 4. The van der Waals surface area contributed by atoms with E-state index in [1.54, 1.807) is 6.92 Å². The molecule has 2 bridgehead atoms. The van der Waals surface area contributed by atoms with Crippen molar-refractivity contribution in [2.75, 3.05) is 43.4 Å². The van der Waals surface area contributed by atoms with Gasteiger partial charge in [0.1, 0.15) is 18.6 Å². The highest BCUT2D eigenvalue weighted by atomic mass is 19.4. The van der Waals surface area contributed by atoms with Gasteiger partial charge < -0.3 is 25.4 Å². The topological polar surface area (TPSA) is 88.8 Å². The Bertz CT molecular complexity index is 1410. The van der Waals surface area contributed by atoms with E-state index in [2.05, 4.69) is 15.1 Å². The molecule has 0 spiro atoms. The highest BCUT2D eigenvalue weighted by molar-refractivity contribution is 5.56. The Balaban J connectivity index is 1.28. The predicted molar refractivity (Wildman–Crippen MR) is 149 cm³/mol. The summed E-state index contributed by atoms with van der Waals surface area (Å²) in [5.74, 6) is -1.28. The summed E-state index contributed by atoms with van der Waals surface area (Å²) < 4.78 is 85.1. The van der Waals surface area contributed by atoms with Gasteiger partial charge in [-0.25, -0.2) is 8.78 Å². The summed E-state index contributed by atoms with van der Waals surface area (Å²) in [7, 11) is 0. The minimum atomic E-state index is -4.81. The largest absolute Gasteiger partial charge is 0.461 e. The maximum Gasteiger partial charge on any atom is 0.417 e. The second-order valence-electron chi connectivity index (χ2n) is 13.0. The van der Waals surface area contributed by atoms with Crippen molar-refractivity contribution in [1.82, 2.24) is 20.2 Å². The second-order valence-corrected chi connectivity index (χ2v) is 13.0. The average molecular weight is 609 g/mol. The molecule has 7 rings (SSSR count). The fraction of sp³-hybridized carbons (Fsp3) is 0.667. The summed E-state index contributed by atoms with van der Waals surface area (Å²) in [5.41, 5.74) is 4.31. The number of nitrogens with two attached hydrogens (primary N) is 1. The van der Waals surface area contributed by atoms with Gasteiger partial charge >= 0.3 is 12.2 Å². The molecule has 4 fully saturated rings. The number of ether oxygens (including phenoxy) is 2. The van der Waals surface area contributed by atoms with Gasteiger partial charge in [-0.3, -0.25) is 4.90 Å². The highest BCUT2D eigenvalue weighted by Gasteiger charge is 2.50. The number of fused-ring (bicyclic) bond motifs is 4. The number of nitrogen functional groups attached to an aromatic ring is 1. The average Bonchev–Trinajstić information content (AvgIpc) is 3.59. The van der Waals surface area contributed by atoms with Crippen molar-refractivity contribution in [2.45, 2.75) is 94.6 Å². The maximum absolute atomic E-state index is 15.5. The number of nitrogens with one attached hydrogen (secondary N) is 1. The Morgan fingerprint density at radius 2 is 1.93 bits per heavy atom. The molecule has 8 nitrogen and oxygen atoms in total. The first-order valence-electron chi connectivity index (χ1n) is 15.1. The summed E-state index contributed by atoms with van der Waals surface area (Å²) in [5, 5.41) is 3.60. The van der Waals surface area contributed by atoms with Gasteiger partial charge in [0.2, 0.25) is 0 Å². The molecule has 3 N–H and O–H groups in total. The Hall–Kier alpha value is -2.77. The Kier molecular flexibility index (Phi) is 7.01. The lowest BCUT2D eigenvalue weighted by Crippen LogP contribution is -2.52. The van der Waals surface area contributed by atoms with Crippen LogP contribution in [0.25, 0.3) is 0 Å². The number of nitrogens with zero attached hydrogens (tertiary/aromatic N) is 4. The number of anilines is 2. The molecule has 0 amide bonds. The lowest BCUT2D eigenvalue weighted by molar-refractivity contribution is -0.140. The summed E-state index contributed by atoms with van der Waals surface area (Å²) in [4.78, 5) is 13.9. The van der Waals surface area contributed by atoms with E-state index in [0.29, 0.717) is 55.2 Å². The number of rotatable bonds is 5. The summed E-state index contributed by atoms with van der Waals surface area (Å²) in [6, 6.07) is 1.70. The summed E-state index contributed by atoms with van der Waals surface area (Å²) in [6.45, 7) is 5.69. The van der Waals surface area contributed by atoms with Crippen LogP contribution in [0.3, 0.4) is 0 Å². The molecule has 6 heterocycles. The van der Waals surface area contributed by atoms with Gasteiger partial charge in [0.15, 0.2) is 5.82 Å². The van der Waals surface area contributed by atoms with E-state index in [4.69, 9.17) is 25.2 Å². The molecule has 4 saturated heterocycles. The maximum atomic E-state index is 15.5. The van der Waals surface area contributed by atoms with Gasteiger partial charge in [0, 0.05) is 55.2 Å². The van der Waals surface area contributed by atoms with Gasteiger partial charge in [0.25, 0.3) is 0 Å². The zero-order chi connectivity index (χ0) is 30.3. The molecule has 0 radical (unpaired) electrons. The van der Waals surface area contributed by atoms with E-state index in [1.165, 1.54) is 6.92 Å². The van der Waals surface area contributed by atoms with E-state index in [0.717, 1.165) is 38.3 Å². The van der Waals surface area contributed by atoms with Crippen LogP contribution >= 0.6 is 0 Å². The first-order valence-corrected chi connectivity index (χ1v) is 15.1. The van der Waals surface area contributed by atoms with E-state index < -0.39 is 46.9 Å². The number of aryl methyl sites for hydroxylation is 1. The van der Waals surface area contributed by atoms with Crippen molar-refractivity contribution in [3.63, 3.8) is 0 Å². The van der Waals surface area contributed by atoms with Gasteiger partial charge in [-0.05, 0) is 50.8 Å². The minimum absolute atomic E-state index is 0.0922. The van der Waals surface area contributed by atoms with Crippen LogP contribution in [0.15, 0.2) is 6.07 Å². The molecule has 13 heteroatoms. The molecule has 2 unspecified atom stereocenters. The van der Waals surface area contributed by atoms with E-state index in [-0.39, 0.29) is 30.5 Å². The molecule has 2 aromatic rings. The molecule has 6 atom stereocenters. The fourth-order valence-electron chi connectivity index (χ4n) is 8.21. The van der Waals surface area contributed by atoms with Crippen molar-refractivity contribution >= 4 is 11.5 Å². The van der Waals surface area contributed by atoms with Crippen LogP contribution in [-0.2, 0) is 17.5 Å². The van der Waals surface area contributed by atoms with Crippen LogP contribution in [0.4, 0.5) is 33.5 Å². The SMILES string of the molecule is Cc1cc(N)c(F)c([C@H]2OCc3c(nc(OC[C@@]45CCCN4C[C@H](F)C5)nc3N3CC4CCC(C3)N4)[C@H]2C)c1C(F)(F)F. The van der Waals surface area contributed by atoms with Crippen LogP contribution in [0.5, 0.6) is 6.01 Å². The first kappa shape index (κ1) is 29.0. The number of hydrogen-bond acceptors (Lipinski definition) is 8. The van der Waals surface area contributed by atoms with Gasteiger partial charge in [-0.15, -0.1) is 0 Å². The van der Waals surface area contributed by atoms with Crippen LogP contribution in [0.2, 0.25) is 0 Å². The Morgan fingerprint density at radius 1 is 1.19 bits per heavy atom. The van der Waals surface area contributed by atoms with E-state index in [1.807, 2.05) is 0 Å². The van der Waals surface area contributed by atoms with Crippen LogP contribution < -0.4 is 20.7 Å². The number of piperazine rings is 1. The number of hydrogen-bond donors (Lipinski definition) is 2. The van der Waals surface area contributed by atoms with Crippen molar-refractivity contribution in [3.05, 3.63) is 39.8 Å². The van der Waals surface area contributed by atoms with Crippen LogP contribution in [-0.4, -0.2) is 71.4 Å². The standard InChI is InChI=1S/C30H37F5N6O2/c1-15-8-21(36)24(32)22(23(15)30(33,34)35)26-16(2)25-20(13-42-26)27(40-11-18-4-5-19(12-40)37-18)39-28(38-25)43-14-29-6-3-7-41(29)10-17(31)9-29/h8,16-19,26,37H,3-7,9-14,36H2,1-2H3/t16-,17-,18?,19?,26+,29+/m1/s1. The fourth-order valence-corrected chi connectivity index (χ4v) is 8.21. The van der Waals surface area contributed by atoms with Gasteiger partial charge in [-0.2, -0.15) is 23.1 Å². The Labute approximate surface area is 247 Å². The molecule has 5 aliphatic heterocycles. The van der Waals surface area contributed by atoms with Crippen molar-refractivity contribution in [3.8, 4) is 6.01 Å². The summed E-state index contributed by atoms with van der Waals surface area (Å²) >= 11 is 0. The van der Waals surface area contributed by atoms with Crippen molar-refractivity contribution < 1.29 is 31.4 Å². The van der Waals surface area contributed by atoms with E-state index in [9.17, 15) is 17.6 Å². The normalized spacial score (nSPS) is 32.3.